The van der Waals surface area contributed by atoms with Crippen LogP contribution in [0.3, 0.4) is 0 Å². The molecular weight excluding hydrogens is 202 g/mol. The number of hydrogen-bond donors (Lipinski definition) is 1. The lowest BCUT2D eigenvalue weighted by Crippen LogP contribution is -2.32. The number of nitrogens with zero attached hydrogens (tertiary/aromatic N) is 2. The summed E-state index contributed by atoms with van der Waals surface area (Å²) in [5.41, 5.74) is 6.18. The highest BCUT2D eigenvalue weighted by Crippen LogP contribution is 2.11. The van der Waals surface area contributed by atoms with Crippen molar-refractivity contribution in [2.75, 3.05) is 18.8 Å². The van der Waals surface area contributed by atoms with Crippen molar-refractivity contribution in [2.24, 2.45) is 0 Å². The van der Waals surface area contributed by atoms with Crippen LogP contribution in [0, 0.1) is 0 Å². The zero-order valence-corrected chi connectivity index (χ0v) is 9.94. The van der Waals surface area contributed by atoms with Crippen LogP contribution in [0.25, 0.3) is 0 Å². The SMILES string of the molecule is CCCCN(CC)C(=O)c1cccnc1N. The summed E-state index contributed by atoms with van der Waals surface area (Å²) in [6.45, 7) is 5.56. The van der Waals surface area contributed by atoms with Crippen LogP contribution in [0.4, 0.5) is 5.82 Å². The summed E-state index contributed by atoms with van der Waals surface area (Å²) in [4.78, 5) is 17.8. The number of anilines is 1. The Labute approximate surface area is 96.5 Å². The molecule has 4 heteroatoms. The number of carbonyl (C=O) groups excluding carboxylic acids is 1. The Hall–Kier alpha value is -1.58. The molecule has 0 aliphatic rings. The van der Waals surface area contributed by atoms with E-state index in [9.17, 15) is 4.79 Å². The highest BCUT2D eigenvalue weighted by molar-refractivity contribution is 5.98. The third-order valence-corrected chi connectivity index (χ3v) is 2.52. The van der Waals surface area contributed by atoms with E-state index in [-0.39, 0.29) is 5.91 Å². The molecule has 1 aromatic rings. The van der Waals surface area contributed by atoms with Gasteiger partial charge in [-0.15, -0.1) is 0 Å². The van der Waals surface area contributed by atoms with E-state index in [2.05, 4.69) is 11.9 Å². The summed E-state index contributed by atoms with van der Waals surface area (Å²) in [7, 11) is 0. The van der Waals surface area contributed by atoms with Crippen molar-refractivity contribution in [2.45, 2.75) is 26.7 Å². The number of carbonyl (C=O) groups is 1. The van der Waals surface area contributed by atoms with Gasteiger partial charge in [0.1, 0.15) is 5.82 Å². The van der Waals surface area contributed by atoms with Crippen LogP contribution < -0.4 is 5.73 Å². The summed E-state index contributed by atoms with van der Waals surface area (Å²) >= 11 is 0. The largest absolute Gasteiger partial charge is 0.383 e. The molecule has 1 rings (SSSR count). The average Bonchev–Trinajstić information content (AvgIpc) is 2.30. The van der Waals surface area contributed by atoms with E-state index in [1.807, 2.05) is 6.92 Å². The number of rotatable bonds is 5. The molecule has 1 heterocycles. The third kappa shape index (κ3) is 2.95. The minimum atomic E-state index is -0.0263. The zero-order chi connectivity index (χ0) is 12.0. The fourth-order valence-electron chi connectivity index (χ4n) is 1.52. The van der Waals surface area contributed by atoms with Gasteiger partial charge in [-0.3, -0.25) is 4.79 Å². The molecule has 0 radical (unpaired) electrons. The van der Waals surface area contributed by atoms with Gasteiger partial charge >= 0.3 is 0 Å². The molecule has 0 aromatic carbocycles. The first-order valence-corrected chi connectivity index (χ1v) is 5.70. The van der Waals surface area contributed by atoms with Crippen molar-refractivity contribution in [1.82, 2.24) is 9.88 Å². The highest BCUT2D eigenvalue weighted by Gasteiger charge is 2.16. The van der Waals surface area contributed by atoms with Crippen molar-refractivity contribution in [3.8, 4) is 0 Å². The molecular formula is C12H19N3O. The second-order valence-corrected chi connectivity index (χ2v) is 3.67. The second-order valence-electron chi connectivity index (χ2n) is 3.67. The van der Waals surface area contributed by atoms with Gasteiger partial charge in [-0.1, -0.05) is 13.3 Å². The topological polar surface area (TPSA) is 59.2 Å². The van der Waals surface area contributed by atoms with E-state index in [0.717, 1.165) is 19.4 Å². The van der Waals surface area contributed by atoms with E-state index < -0.39 is 0 Å². The molecule has 0 atom stereocenters. The lowest BCUT2D eigenvalue weighted by Gasteiger charge is -2.20. The lowest BCUT2D eigenvalue weighted by molar-refractivity contribution is 0.0763. The first-order chi connectivity index (χ1) is 7.70. The van der Waals surface area contributed by atoms with Crippen LogP contribution in [-0.2, 0) is 0 Å². The van der Waals surface area contributed by atoms with Gasteiger partial charge in [0.2, 0.25) is 0 Å². The Morgan fingerprint density at radius 1 is 1.50 bits per heavy atom. The van der Waals surface area contributed by atoms with E-state index in [4.69, 9.17) is 5.73 Å². The molecule has 1 amide bonds. The summed E-state index contributed by atoms with van der Waals surface area (Å²) in [5.74, 6) is 0.281. The summed E-state index contributed by atoms with van der Waals surface area (Å²) in [6, 6.07) is 3.45. The average molecular weight is 221 g/mol. The quantitative estimate of drug-likeness (QED) is 0.826. The minimum absolute atomic E-state index is 0.0263. The maximum absolute atomic E-state index is 12.1. The molecule has 0 saturated carbocycles. The number of unbranched alkanes of at least 4 members (excludes halogenated alkanes) is 1. The number of nitrogens with two attached hydrogens (primary N) is 1. The smallest absolute Gasteiger partial charge is 0.257 e. The molecule has 4 nitrogen and oxygen atoms in total. The van der Waals surface area contributed by atoms with Crippen LogP contribution in [0.5, 0.6) is 0 Å². The number of hydrogen-bond acceptors (Lipinski definition) is 3. The number of nitrogen functional groups attached to an aromatic ring is 1. The summed E-state index contributed by atoms with van der Waals surface area (Å²) in [6.07, 6.45) is 3.68. The molecule has 0 unspecified atom stereocenters. The number of pyridine rings is 1. The highest BCUT2D eigenvalue weighted by atomic mass is 16.2. The van der Waals surface area contributed by atoms with Crippen LogP contribution in [-0.4, -0.2) is 28.9 Å². The van der Waals surface area contributed by atoms with Crippen LogP contribution >= 0.6 is 0 Å². The predicted molar refractivity (Wildman–Crippen MR) is 65.1 cm³/mol. The minimum Gasteiger partial charge on any atom is -0.383 e. The van der Waals surface area contributed by atoms with Gasteiger partial charge in [0, 0.05) is 19.3 Å². The van der Waals surface area contributed by atoms with Gasteiger partial charge in [-0.25, -0.2) is 4.98 Å². The van der Waals surface area contributed by atoms with Crippen LogP contribution in [0.1, 0.15) is 37.0 Å². The van der Waals surface area contributed by atoms with Crippen molar-refractivity contribution in [3.63, 3.8) is 0 Å². The maximum Gasteiger partial charge on any atom is 0.257 e. The standard InChI is InChI=1S/C12H19N3O/c1-3-5-9-15(4-2)12(16)10-7-6-8-14-11(10)13/h6-8H,3-5,9H2,1-2H3,(H2,13,14). The van der Waals surface area contributed by atoms with Gasteiger partial charge in [-0.2, -0.15) is 0 Å². The summed E-state index contributed by atoms with van der Waals surface area (Å²) in [5, 5.41) is 0. The zero-order valence-electron chi connectivity index (χ0n) is 9.94. The van der Waals surface area contributed by atoms with Crippen LogP contribution in [0.15, 0.2) is 18.3 Å². The molecule has 0 spiro atoms. The second kappa shape index (κ2) is 6.10. The summed E-state index contributed by atoms with van der Waals surface area (Å²) < 4.78 is 0. The normalized spacial score (nSPS) is 10.1. The lowest BCUT2D eigenvalue weighted by atomic mass is 10.2. The third-order valence-electron chi connectivity index (χ3n) is 2.52. The van der Waals surface area contributed by atoms with Crippen molar-refractivity contribution >= 4 is 11.7 Å². The fraction of sp³-hybridized carbons (Fsp3) is 0.500. The van der Waals surface area contributed by atoms with Crippen molar-refractivity contribution < 1.29 is 4.79 Å². The molecule has 88 valence electrons. The Morgan fingerprint density at radius 2 is 2.25 bits per heavy atom. The first kappa shape index (κ1) is 12.5. The molecule has 0 aliphatic heterocycles. The molecule has 0 saturated heterocycles. The molecule has 0 fully saturated rings. The molecule has 0 aliphatic carbocycles. The van der Waals surface area contributed by atoms with E-state index in [0.29, 0.717) is 17.9 Å². The van der Waals surface area contributed by atoms with Gasteiger partial charge in [0.15, 0.2) is 0 Å². The first-order valence-electron chi connectivity index (χ1n) is 5.70. The maximum atomic E-state index is 12.1. The van der Waals surface area contributed by atoms with Gasteiger partial charge in [-0.05, 0) is 25.5 Å². The molecule has 0 bridgehead atoms. The Bertz CT molecular complexity index is 352. The van der Waals surface area contributed by atoms with E-state index in [1.54, 1.807) is 23.2 Å². The molecule has 1 aromatic heterocycles. The van der Waals surface area contributed by atoms with E-state index in [1.165, 1.54) is 0 Å². The number of amides is 1. The van der Waals surface area contributed by atoms with Crippen molar-refractivity contribution in [1.29, 1.82) is 0 Å². The monoisotopic (exact) mass is 221 g/mol. The van der Waals surface area contributed by atoms with Crippen molar-refractivity contribution in [3.05, 3.63) is 23.9 Å². The van der Waals surface area contributed by atoms with Gasteiger partial charge in [0.25, 0.3) is 5.91 Å². The fourth-order valence-corrected chi connectivity index (χ4v) is 1.52. The Morgan fingerprint density at radius 3 is 2.81 bits per heavy atom. The van der Waals surface area contributed by atoms with Crippen LogP contribution in [0.2, 0.25) is 0 Å². The van der Waals surface area contributed by atoms with Gasteiger partial charge < -0.3 is 10.6 Å². The van der Waals surface area contributed by atoms with E-state index >= 15 is 0 Å². The predicted octanol–water partition coefficient (Wildman–Crippen LogP) is 1.93. The molecule has 16 heavy (non-hydrogen) atoms. The molecule has 2 N–H and O–H groups in total. The number of aromatic nitrogens is 1. The van der Waals surface area contributed by atoms with Gasteiger partial charge in [0.05, 0.1) is 5.56 Å². The Balaban J connectivity index is 2.79. The Kier molecular flexibility index (Phi) is 4.76.